The van der Waals surface area contributed by atoms with Crippen LogP contribution in [0.1, 0.15) is 29.6 Å². The Balaban J connectivity index is 1.62. The number of nitrogens with two attached hydrogens (primary N) is 1. The van der Waals surface area contributed by atoms with E-state index in [4.69, 9.17) is 5.73 Å². The highest BCUT2D eigenvalue weighted by molar-refractivity contribution is 6.05. The maximum atomic E-state index is 12.9. The maximum absolute atomic E-state index is 12.9. The first-order valence-corrected chi connectivity index (χ1v) is 7.85. The van der Waals surface area contributed by atoms with Crippen molar-refractivity contribution in [1.82, 2.24) is 9.88 Å². The molecule has 2 fully saturated rings. The summed E-state index contributed by atoms with van der Waals surface area (Å²) in [6, 6.07) is 8.18. The summed E-state index contributed by atoms with van der Waals surface area (Å²) in [5.41, 5.74) is 7.98. The molecule has 1 saturated carbocycles. The fourth-order valence-corrected chi connectivity index (χ4v) is 4.12. The topological polar surface area (TPSA) is 62.1 Å². The molecule has 1 aliphatic heterocycles. The SMILES string of the molecule is NC1CCCC2CN(C(=O)c3cccc4cc[nH]c34)CC12. The second kappa shape index (κ2) is 4.88. The van der Waals surface area contributed by atoms with Crippen LogP contribution in [0.25, 0.3) is 10.9 Å². The van der Waals surface area contributed by atoms with Gasteiger partial charge in [0.15, 0.2) is 0 Å². The van der Waals surface area contributed by atoms with Crippen molar-refractivity contribution in [3.8, 4) is 0 Å². The van der Waals surface area contributed by atoms with Gasteiger partial charge in [0.1, 0.15) is 0 Å². The third-order valence-electron chi connectivity index (χ3n) is 5.26. The molecular formula is C17H21N3O. The van der Waals surface area contributed by atoms with Gasteiger partial charge < -0.3 is 15.6 Å². The monoisotopic (exact) mass is 283 g/mol. The van der Waals surface area contributed by atoms with Crippen molar-refractivity contribution in [2.45, 2.75) is 25.3 Å². The van der Waals surface area contributed by atoms with E-state index in [1.807, 2.05) is 35.4 Å². The lowest BCUT2D eigenvalue weighted by atomic mass is 9.78. The number of amides is 1. The largest absolute Gasteiger partial charge is 0.361 e. The number of para-hydroxylation sites is 1. The molecule has 1 saturated heterocycles. The van der Waals surface area contributed by atoms with Crippen molar-refractivity contribution in [3.63, 3.8) is 0 Å². The van der Waals surface area contributed by atoms with E-state index in [1.165, 1.54) is 12.8 Å². The van der Waals surface area contributed by atoms with Crippen LogP contribution in [0.3, 0.4) is 0 Å². The van der Waals surface area contributed by atoms with Crippen LogP contribution in [-0.4, -0.2) is 34.9 Å². The van der Waals surface area contributed by atoms with E-state index in [0.29, 0.717) is 11.8 Å². The lowest BCUT2D eigenvalue weighted by Gasteiger charge is -2.29. The number of hydrogen-bond donors (Lipinski definition) is 2. The highest BCUT2D eigenvalue weighted by Gasteiger charge is 2.40. The molecule has 1 aliphatic carbocycles. The molecule has 2 aliphatic rings. The van der Waals surface area contributed by atoms with Crippen LogP contribution in [0.2, 0.25) is 0 Å². The minimum Gasteiger partial charge on any atom is -0.361 e. The van der Waals surface area contributed by atoms with E-state index < -0.39 is 0 Å². The summed E-state index contributed by atoms with van der Waals surface area (Å²) >= 11 is 0. The molecular weight excluding hydrogens is 262 g/mol. The number of carbonyl (C=O) groups is 1. The van der Waals surface area contributed by atoms with E-state index in [-0.39, 0.29) is 11.9 Å². The minimum atomic E-state index is 0.143. The molecule has 3 N–H and O–H groups in total. The smallest absolute Gasteiger partial charge is 0.256 e. The molecule has 1 aromatic heterocycles. The Morgan fingerprint density at radius 3 is 3.00 bits per heavy atom. The summed E-state index contributed by atoms with van der Waals surface area (Å²) in [6.07, 6.45) is 5.42. The van der Waals surface area contributed by atoms with Gasteiger partial charge in [0.05, 0.1) is 11.1 Å². The van der Waals surface area contributed by atoms with Gasteiger partial charge in [-0.3, -0.25) is 4.79 Å². The van der Waals surface area contributed by atoms with Crippen LogP contribution >= 0.6 is 0 Å². The summed E-state index contributed by atoms with van der Waals surface area (Å²) in [7, 11) is 0. The Kier molecular flexibility index (Phi) is 3.00. The summed E-state index contributed by atoms with van der Waals surface area (Å²) in [4.78, 5) is 18.1. The van der Waals surface area contributed by atoms with E-state index in [2.05, 4.69) is 4.98 Å². The number of hydrogen-bond acceptors (Lipinski definition) is 2. The summed E-state index contributed by atoms with van der Waals surface area (Å²) in [5, 5.41) is 1.09. The molecule has 1 aromatic carbocycles. The number of rotatable bonds is 1. The third-order valence-corrected chi connectivity index (χ3v) is 5.26. The second-order valence-corrected chi connectivity index (χ2v) is 6.48. The van der Waals surface area contributed by atoms with Gasteiger partial charge in [-0.25, -0.2) is 0 Å². The van der Waals surface area contributed by atoms with Crippen molar-refractivity contribution in [2.75, 3.05) is 13.1 Å². The van der Waals surface area contributed by atoms with E-state index >= 15 is 0 Å². The number of fused-ring (bicyclic) bond motifs is 2. The number of likely N-dealkylation sites (tertiary alicyclic amines) is 1. The summed E-state index contributed by atoms with van der Waals surface area (Å²) in [6.45, 7) is 1.69. The highest BCUT2D eigenvalue weighted by Crippen LogP contribution is 2.36. The molecule has 0 bridgehead atoms. The number of carbonyl (C=O) groups excluding carboxylic acids is 1. The zero-order valence-electron chi connectivity index (χ0n) is 12.1. The lowest BCUT2D eigenvalue weighted by molar-refractivity contribution is 0.0785. The number of nitrogens with one attached hydrogen (secondary N) is 1. The number of nitrogens with zero attached hydrogens (tertiary/aromatic N) is 1. The summed E-state index contributed by atoms with van der Waals surface area (Å²) < 4.78 is 0. The number of aromatic nitrogens is 1. The lowest BCUT2D eigenvalue weighted by Crippen LogP contribution is -2.38. The van der Waals surface area contributed by atoms with Gasteiger partial charge in [-0.15, -0.1) is 0 Å². The van der Waals surface area contributed by atoms with Crippen molar-refractivity contribution in [3.05, 3.63) is 36.0 Å². The van der Waals surface area contributed by atoms with Gasteiger partial charge >= 0.3 is 0 Å². The molecule has 2 aromatic rings. The number of aromatic amines is 1. The van der Waals surface area contributed by atoms with Crippen LogP contribution in [0, 0.1) is 11.8 Å². The Labute approximate surface area is 124 Å². The van der Waals surface area contributed by atoms with Crippen molar-refractivity contribution < 1.29 is 4.79 Å². The van der Waals surface area contributed by atoms with Crippen LogP contribution in [-0.2, 0) is 0 Å². The molecule has 4 heteroatoms. The van der Waals surface area contributed by atoms with Crippen LogP contribution in [0.5, 0.6) is 0 Å². The third kappa shape index (κ3) is 2.05. The zero-order valence-corrected chi connectivity index (χ0v) is 12.1. The first-order valence-electron chi connectivity index (χ1n) is 7.85. The molecule has 21 heavy (non-hydrogen) atoms. The number of benzene rings is 1. The van der Waals surface area contributed by atoms with Crippen LogP contribution in [0.15, 0.2) is 30.5 Å². The van der Waals surface area contributed by atoms with Crippen LogP contribution in [0.4, 0.5) is 0 Å². The molecule has 4 rings (SSSR count). The van der Waals surface area contributed by atoms with Crippen LogP contribution < -0.4 is 5.73 Å². The Hall–Kier alpha value is -1.81. The standard InChI is InChI=1S/C17H21N3O/c18-15-6-2-4-12-9-20(10-14(12)15)17(21)13-5-1-3-11-7-8-19-16(11)13/h1,3,5,7-8,12,14-15,19H,2,4,6,9-10,18H2. The molecule has 0 spiro atoms. The number of H-pyrrole nitrogens is 1. The highest BCUT2D eigenvalue weighted by atomic mass is 16.2. The molecule has 0 radical (unpaired) electrons. The van der Waals surface area contributed by atoms with Gasteiger partial charge in [-0.2, -0.15) is 0 Å². The molecule has 3 unspecified atom stereocenters. The molecule has 1 amide bonds. The van der Waals surface area contributed by atoms with Gasteiger partial charge in [0.25, 0.3) is 5.91 Å². The van der Waals surface area contributed by atoms with Crippen molar-refractivity contribution in [2.24, 2.45) is 17.6 Å². The Morgan fingerprint density at radius 1 is 1.24 bits per heavy atom. The van der Waals surface area contributed by atoms with Gasteiger partial charge in [-0.05, 0) is 36.8 Å². The average molecular weight is 283 g/mol. The predicted octanol–water partition coefficient (Wildman–Crippen LogP) is 2.37. The van der Waals surface area contributed by atoms with E-state index in [0.717, 1.165) is 36.0 Å². The first kappa shape index (κ1) is 12.9. The fraction of sp³-hybridized carbons (Fsp3) is 0.471. The molecule has 4 nitrogen and oxygen atoms in total. The Morgan fingerprint density at radius 2 is 2.14 bits per heavy atom. The maximum Gasteiger partial charge on any atom is 0.256 e. The van der Waals surface area contributed by atoms with Crippen molar-refractivity contribution in [1.29, 1.82) is 0 Å². The van der Waals surface area contributed by atoms with E-state index in [9.17, 15) is 4.79 Å². The van der Waals surface area contributed by atoms with Gasteiger partial charge in [0, 0.05) is 30.7 Å². The average Bonchev–Trinajstić information content (AvgIpc) is 3.13. The summed E-state index contributed by atoms with van der Waals surface area (Å²) in [5.74, 6) is 1.23. The first-order chi connectivity index (χ1) is 10.2. The molecule has 110 valence electrons. The van der Waals surface area contributed by atoms with Gasteiger partial charge in [0.2, 0.25) is 0 Å². The van der Waals surface area contributed by atoms with E-state index in [1.54, 1.807) is 0 Å². The van der Waals surface area contributed by atoms with Crippen molar-refractivity contribution >= 4 is 16.8 Å². The zero-order chi connectivity index (χ0) is 14.4. The second-order valence-electron chi connectivity index (χ2n) is 6.48. The quantitative estimate of drug-likeness (QED) is 0.844. The fourth-order valence-electron chi connectivity index (χ4n) is 4.12. The predicted molar refractivity (Wildman–Crippen MR) is 83.0 cm³/mol. The normalized spacial score (nSPS) is 28.8. The minimum absolute atomic E-state index is 0.143. The van der Waals surface area contributed by atoms with Gasteiger partial charge in [-0.1, -0.05) is 18.6 Å². The molecule has 2 heterocycles. The molecule has 3 atom stereocenters. The Bertz CT molecular complexity index is 677.